The van der Waals surface area contributed by atoms with E-state index in [4.69, 9.17) is 27.6 Å². The fraction of sp³-hybridized carbons (Fsp3) is 0.944. The Bertz CT molecular complexity index is 1730. The Balaban J connectivity index is 5.24. The molecule has 0 saturated heterocycles. The van der Waals surface area contributed by atoms with Crippen molar-refractivity contribution >= 4 is 39.4 Å². The van der Waals surface area contributed by atoms with Crippen molar-refractivity contribution in [2.45, 2.75) is 393 Å². The van der Waals surface area contributed by atoms with Crippen LogP contribution in [-0.2, 0) is 55.9 Å². The smallest absolute Gasteiger partial charge is 0.305 e. The number of carbonyl (C=O) groups is 4. The Morgan fingerprint density at radius 3 is 0.711 bits per heavy atom. The number of aliphatic hydroxyl groups is 1. The van der Waals surface area contributed by atoms with Crippen LogP contribution >= 0.6 is 15.6 Å². The van der Waals surface area contributed by atoms with E-state index in [0.717, 1.165) is 77.0 Å². The normalized spacial score (nSPS) is 14.0. The molecule has 0 spiro atoms. The Labute approximate surface area is 550 Å². The molecule has 0 aliphatic heterocycles. The average molecular weight is 1320 g/mol. The second-order valence-electron chi connectivity index (χ2n) is 25.9. The zero-order valence-corrected chi connectivity index (χ0v) is 60.0. The van der Waals surface area contributed by atoms with Gasteiger partial charge in [-0.1, -0.05) is 323 Å². The summed E-state index contributed by atoms with van der Waals surface area (Å²) in [4.78, 5) is 77.6. The van der Waals surface area contributed by atoms with Crippen LogP contribution in [0, 0.1) is 0 Å². The van der Waals surface area contributed by atoms with Crippen molar-refractivity contribution in [2.24, 2.45) is 0 Å². The van der Waals surface area contributed by atoms with Gasteiger partial charge in [-0.25, -0.2) is 0 Å². The third-order valence-corrected chi connectivity index (χ3v) is 18.7. The van der Waals surface area contributed by atoms with E-state index in [1.165, 1.54) is 218 Å². The summed E-state index contributed by atoms with van der Waals surface area (Å²) in [5.41, 5.74) is 0. The Morgan fingerprint density at radius 1 is 0.300 bits per heavy atom. The molecular formula is C71H138N2O15P2-2. The number of amides is 2. The fourth-order valence-electron chi connectivity index (χ4n) is 11.1. The minimum atomic E-state index is -5.17. The summed E-state index contributed by atoms with van der Waals surface area (Å²) < 4.78 is 56.8. The molecule has 0 aliphatic carbocycles. The molecule has 0 aromatic heterocycles. The van der Waals surface area contributed by atoms with Crippen LogP contribution in [0.3, 0.4) is 0 Å². The van der Waals surface area contributed by atoms with Crippen molar-refractivity contribution < 1.29 is 70.8 Å². The lowest BCUT2D eigenvalue weighted by atomic mass is 10.0. The largest absolute Gasteiger partial charge is 0.756 e. The molecule has 534 valence electrons. The molecule has 0 radical (unpaired) electrons. The quantitative estimate of drug-likeness (QED) is 0.0291. The summed E-state index contributed by atoms with van der Waals surface area (Å²) in [6.07, 6.45) is 56.8. The first-order valence-electron chi connectivity index (χ1n) is 37.4. The standard InChI is InChI=1S/C71H140N2O15P2/c1-5-9-13-17-21-25-29-32-36-40-44-48-52-56-69(76)73-66(60-84-71(78)58-54-50-46-42-38-34-31-27-23-19-15-11-7-3)62-86-90(81,82)88-64-67(74)63-87-89(79,80)85-61-65(72-68(75)55-51-47-43-39-35-28-24-20-16-12-8-4)59-83-70(77)57-53-49-45-41-37-33-30-26-22-18-14-10-6-2/h65-67,74H,5-64H2,1-4H3,(H,72,75)(H,73,76)(H,79,80)(H,81,82)/p-2. The highest BCUT2D eigenvalue weighted by Gasteiger charge is 2.23. The van der Waals surface area contributed by atoms with E-state index in [1.807, 2.05) is 0 Å². The summed E-state index contributed by atoms with van der Waals surface area (Å²) >= 11 is 0. The van der Waals surface area contributed by atoms with Crippen LogP contribution in [0.5, 0.6) is 0 Å². The molecule has 5 atom stereocenters. The second kappa shape index (κ2) is 65.7. The SMILES string of the molecule is CCCCCCCCCCCCCCCC(=O)NC(COC(=O)CCCCCCCCCCCCCCC)COP(=O)([O-])OCC(O)COP(=O)([O-])OCC(COC(=O)CCCCCCCCCCCCCCC)NC(=O)CCCCCCCCCCCCC. The topological polar surface area (TPSA) is 248 Å². The number of phosphoric ester groups is 2. The molecule has 2 amide bonds. The number of hydrogen-bond donors (Lipinski definition) is 3. The molecule has 3 N–H and O–H groups in total. The molecule has 19 heteroatoms. The number of rotatable bonds is 72. The molecule has 5 unspecified atom stereocenters. The maximum absolute atomic E-state index is 13.1. The number of nitrogens with one attached hydrogen (secondary N) is 2. The highest BCUT2D eigenvalue weighted by atomic mass is 31.2. The maximum atomic E-state index is 13.1. The average Bonchev–Trinajstić information content (AvgIpc) is 3.57. The Hall–Kier alpha value is -1.94. The van der Waals surface area contributed by atoms with Gasteiger partial charge in [-0.3, -0.25) is 28.3 Å². The molecule has 90 heavy (non-hydrogen) atoms. The summed E-state index contributed by atoms with van der Waals surface area (Å²) in [6, 6.07) is -2.05. The van der Waals surface area contributed by atoms with Crippen molar-refractivity contribution in [2.75, 3.05) is 39.6 Å². The van der Waals surface area contributed by atoms with Crippen molar-refractivity contribution in [1.29, 1.82) is 0 Å². The second-order valence-corrected chi connectivity index (χ2v) is 28.7. The first-order valence-corrected chi connectivity index (χ1v) is 40.4. The van der Waals surface area contributed by atoms with Crippen LogP contribution in [-0.4, -0.2) is 86.7 Å². The van der Waals surface area contributed by atoms with Crippen LogP contribution < -0.4 is 20.4 Å². The van der Waals surface area contributed by atoms with E-state index in [9.17, 15) is 43.2 Å². The minimum absolute atomic E-state index is 0.189. The molecule has 0 saturated carbocycles. The Kier molecular flexibility index (Phi) is 64.3. The predicted octanol–water partition coefficient (Wildman–Crippen LogP) is 18.6. The lowest BCUT2D eigenvalue weighted by Crippen LogP contribution is -2.42. The fourth-order valence-corrected chi connectivity index (χ4v) is 12.6. The summed E-state index contributed by atoms with van der Waals surface area (Å²) in [7, 11) is -10.3. The van der Waals surface area contributed by atoms with Crippen LogP contribution in [0.1, 0.15) is 374 Å². The summed E-state index contributed by atoms with van der Waals surface area (Å²) in [5, 5.41) is 16.0. The monoisotopic (exact) mass is 1320 g/mol. The first kappa shape index (κ1) is 88.1. The van der Waals surface area contributed by atoms with E-state index in [1.54, 1.807) is 0 Å². The number of hydrogen-bond acceptors (Lipinski definition) is 15. The zero-order chi connectivity index (χ0) is 66.1. The minimum Gasteiger partial charge on any atom is -0.756 e. The molecule has 0 rings (SSSR count). The number of esters is 2. The number of unbranched alkanes of at least 4 members (excludes halogenated alkanes) is 46. The lowest BCUT2D eigenvalue weighted by Gasteiger charge is -2.28. The molecule has 0 aliphatic rings. The van der Waals surface area contributed by atoms with Gasteiger partial charge in [-0.15, -0.1) is 0 Å². The highest BCUT2D eigenvalue weighted by Crippen LogP contribution is 2.40. The molecular weight excluding hydrogens is 1180 g/mol. The third kappa shape index (κ3) is 64.8. The van der Waals surface area contributed by atoms with E-state index in [-0.39, 0.29) is 50.7 Å². The summed E-state index contributed by atoms with van der Waals surface area (Å²) in [5.74, 6) is -1.61. The van der Waals surface area contributed by atoms with Gasteiger partial charge in [0, 0.05) is 25.7 Å². The third-order valence-electron chi connectivity index (χ3n) is 16.8. The zero-order valence-electron chi connectivity index (χ0n) is 58.2. The van der Waals surface area contributed by atoms with Gasteiger partial charge in [0.05, 0.1) is 38.5 Å². The van der Waals surface area contributed by atoms with Crippen LogP contribution in [0.15, 0.2) is 0 Å². The molecule has 17 nitrogen and oxygen atoms in total. The first-order chi connectivity index (χ1) is 43.7. The summed E-state index contributed by atoms with van der Waals surface area (Å²) in [6.45, 7) is 5.10. The van der Waals surface area contributed by atoms with Crippen LogP contribution in [0.25, 0.3) is 0 Å². The molecule has 0 aromatic rings. The van der Waals surface area contributed by atoms with Gasteiger partial charge >= 0.3 is 11.9 Å². The molecule has 0 aromatic carbocycles. The lowest BCUT2D eigenvalue weighted by molar-refractivity contribution is -0.231. The van der Waals surface area contributed by atoms with Gasteiger partial charge in [-0.2, -0.15) is 0 Å². The van der Waals surface area contributed by atoms with E-state index >= 15 is 0 Å². The van der Waals surface area contributed by atoms with Crippen molar-refractivity contribution in [3.05, 3.63) is 0 Å². The van der Waals surface area contributed by atoms with E-state index in [0.29, 0.717) is 25.7 Å². The van der Waals surface area contributed by atoms with Gasteiger partial charge in [-0.05, 0) is 25.7 Å². The Morgan fingerprint density at radius 2 is 0.489 bits per heavy atom. The van der Waals surface area contributed by atoms with E-state index in [2.05, 4.69) is 38.3 Å². The highest BCUT2D eigenvalue weighted by molar-refractivity contribution is 7.46. The van der Waals surface area contributed by atoms with Crippen molar-refractivity contribution in [3.63, 3.8) is 0 Å². The maximum Gasteiger partial charge on any atom is 0.305 e. The van der Waals surface area contributed by atoms with Crippen LogP contribution in [0.2, 0.25) is 0 Å². The number of ether oxygens (including phenoxy) is 2. The predicted molar refractivity (Wildman–Crippen MR) is 363 cm³/mol. The van der Waals surface area contributed by atoms with Crippen molar-refractivity contribution in [3.8, 4) is 0 Å². The molecule has 0 heterocycles. The van der Waals surface area contributed by atoms with Crippen LogP contribution in [0.4, 0.5) is 0 Å². The number of aliphatic hydroxyl groups excluding tert-OH is 1. The number of carbonyl (C=O) groups excluding carboxylic acids is 4. The van der Waals surface area contributed by atoms with Crippen molar-refractivity contribution in [1.82, 2.24) is 10.6 Å². The van der Waals surface area contributed by atoms with Gasteiger partial charge in [0.25, 0.3) is 15.6 Å². The van der Waals surface area contributed by atoms with E-state index < -0.39 is 72.2 Å². The van der Waals surface area contributed by atoms with Gasteiger partial charge < -0.3 is 53.1 Å². The van der Waals surface area contributed by atoms with Gasteiger partial charge in [0.2, 0.25) is 11.8 Å². The molecule has 0 bridgehead atoms. The number of phosphoric acid groups is 2. The van der Waals surface area contributed by atoms with Gasteiger partial charge in [0.1, 0.15) is 19.3 Å². The molecule has 0 fully saturated rings. The van der Waals surface area contributed by atoms with Gasteiger partial charge in [0.15, 0.2) is 0 Å².